The van der Waals surface area contributed by atoms with Crippen LogP contribution in [0.5, 0.6) is 0 Å². The maximum absolute atomic E-state index is 11.6. The predicted octanol–water partition coefficient (Wildman–Crippen LogP) is 2.58. The van der Waals surface area contributed by atoms with Crippen molar-refractivity contribution in [1.82, 2.24) is 0 Å². The molecule has 1 aromatic heterocycles. The van der Waals surface area contributed by atoms with E-state index in [0.717, 1.165) is 14.2 Å². The molecule has 0 radical (unpaired) electrons. The zero-order chi connectivity index (χ0) is 17.7. The molecule has 0 unspecified atom stereocenters. The highest BCUT2D eigenvalue weighted by atomic mass is 16.6. The normalized spacial score (nSPS) is 9.92. The molecule has 2 rings (SSSR count). The molecule has 124 valence electrons. The second kappa shape index (κ2) is 7.23. The molecule has 0 saturated heterocycles. The fraction of sp³-hybridized carbons (Fsp3) is 0.125. The number of methoxy groups -OCH3 is 2. The molecule has 0 bridgehead atoms. The van der Waals surface area contributed by atoms with E-state index in [0.29, 0.717) is 11.3 Å². The first-order chi connectivity index (χ1) is 11.5. The summed E-state index contributed by atoms with van der Waals surface area (Å²) in [5.74, 6) is -1.19. The van der Waals surface area contributed by atoms with Crippen molar-refractivity contribution in [2.24, 2.45) is 0 Å². The SMILES string of the molecule is COC(=O)C(=Cc1ccc(-c2cccc([N+](=O)[O-])c2)o1)C(=O)OC. The highest BCUT2D eigenvalue weighted by Gasteiger charge is 2.20. The average Bonchev–Trinajstić information content (AvgIpc) is 3.07. The summed E-state index contributed by atoms with van der Waals surface area (Å²) in [4.78, 5) is 33.5. The third-order valence-corrected chi connectivity index (χ3v) is 3.07. The molecular formula is C16H13NO7. The van der Waals surface area contributed by atoms with Crippen molar-refractivity contribution in [3.05, 3.63) is 57.8 Å². The van der Waals surface area contributed by atoms with Gasteiger partial charge in [-0.25, -0.2) is 9.59 Å². The van der Waals surface area contributed by atoms with Crippen LogP contribution in [0.1, 0.15) is 5.76 Å². The van der Waals surface area contributed by atoms with Crippen molar-refractivity contribution in [1.29, 1.82) is 0 Å². The summed E-state index contributed by atoms with van der Waals surface area (Å²) in [6, 6.07) is 8.96. The third kappa shape index (κ3) is 3.67. The van der Waals surface area contributed by atoms with Crippen molar-refractivity contribution in [2.75, 3.05) is 14.2 Å². The van der Waals surface area contributed by atoms with E-state index in [2.05, 4.69) is 9.47 Å². The number of ether oxygens (including phenoxy) is 2. The van der Waals surface area contributed by atoms with E-state index in [1.807, 2.05) is 0 Å². The minimum Gasteiger partial charge on any atom is -0.465 e. The van der Waals surface area contributed by atoms with E-state index in [-0.39, 0.29) is 17.0 Å². The van der Waals surface area contributed by atoms with Crippen LogP contribution in [-0.2, 0) is 19.1 Å². The highest BCUT2D eigenvalue weighted by molar-refractivity contribution is 6.17. The maximum atomic E-state index is 11.6. The number of nitrogens with zero attached hydrogens (tertiary/aromatic N) is 1. The first kappa shape index (κ1) is 16.9. The lowest BCUT2D eigenvalue weighted by molar-refractivity contribution is -0.384. The fourth-order valence-electron chi connectivity index (χ4n) is 1.92. The maximum Gasteiger partial charge on any atom is 0.345 e. The molecule has 0 saturated carbocycles. The van der Waals surface area contributed by atoms with Gasteiger partial charge in [0.25, 0.3) is 5.69 Å². The van der Waals surface area contributed by atoms with Crippen LogP contribution < -0.4 is 0 Å². The quantitative estimate of drug-likeness (QED) is 0.207. The molecule has 24 heavy (non-hydrogen) atoms. The van der Waals surface area contributed by atoms with Crippen LogP contribution in [-0.4, -0.2) is 31.1 Å². The summed E-state index contributed by atoms with van der Waals surface area (Å²) in [7, 11) is 2.27. The molecule has 0 aliphatic carbocycles. The van der Waals surface area contributed by atoms with E-state index in [1.165, 1.54) is 30.3 Å². The van der Waals surface area contributed by atoms with Gasteiger partial charge in [-0.3, -0.25) is 10.1 Å². The Bertz CT molecular complexity index is 801. The third-order valence-electron chi connectivity index (χ3n) is 3.07. The number of hydrogen-bond acceptors (Lipinski definition) is 7. The topological polar surface area (TPSA) is 109 Å². The number of esters is 2. The zero-order valence-electron chi connectivity index (χ0n) is 12.8. The van der Waals surface area contributed by atoms with Crippen LogP contribution in [0.3, 0.4) is 0 Å². The minimum atomic E-state index is -0.866. The lowest BCUT2D eigenvalue weighted by atomic mass is 10.1. The Morgan fingerprint density at radius 1 is 1.12 bits per heavy atom. The Morgan fingerprint density at radius 3 is 2.38 bits per heavy atom. The Balaban J connectivity index is 2.37. The van der Waals surface area contributed by atoms with E-state index >= 15 is 0 Å². The zero-order valence-corrected chi connectivity index (χ0v) is 12.8. The standard InChI is InChI=1S/C16H13NO7/c1-22-15(18)13(16(19)23-2)9-12-6-7-14(24-12)10-4-3-5-11(8-10)17(20)21/h3-9H,1-2H3. The smallest absolute Gasteiger partial charge is 0.345 e. The summed E-state index contributed by atoms with van der Waals surface area (Å²) < 4.78 is 14.5. The van der Waals surface area contributed by atoms with Gasteiger partial charge in [0.05, 0.1) is 19.1 Å². The summed E-state index contributed by atoms with van der Waals surface area (Å²) in [6.45, 7) is 0. The van der Waals surface area contributed by atoms with Gasteiger partial charge in [-0.1, -0.05) is 12.1 Å². The number of nitro benzene ring substituents is 1. The molecule has 0 aliphatic heterocycles. The van der Waals surface area contributed by atoms with Crippen molar-refractivity contribution in [3.63, 3.8) is 0 Å². The number of carbonyl (C=O) groups is 2. The van der Waals surface area contributed by atoms with Gasteiger partial charge in [-0.2, -0.15) is 0 Å². The molecule has 0 atom stereocenters. The Kier molecular flexibility index (Phi) is 5.10. The molecule has 0 fully saturated rings. The van der Waals surface area contributed by atoms with Crippen LogP contribution in [0.25, 0.3) is 17.4 Å². The van der Waals surface area contributed by atoms with Gasteiger partial charge in [0, 0.05) is 23.8 Å². The van der Waals surface area contributed by atoms with Crippen molar-refractivity contribution < 1.29 is 28.4 Å². The van der Waals surface area contributed by atoms with Gasteiger partial charge in [-0.15, -0.1) is 0 Å². The average molecular weight is 331 g/mol. The van der Waals surface area contributed by atoms with Crippen molar-refractivity contribution in [3.8, 4) is 11.3 Å². The van der Waals surface area contributed by atoms with Crippen LogP contribution in [0.15, 0.2) is 46.4 Å². The minimum absolute atomic E-state index is 0.0780. The summed E-state index contributed by atoms with van der Waals surface area (Å²) in [6.07, 6.45) is 1.18. The van der Waals surface area contributed by atoms with Gasteiger partial charge in [0.15, 0.2) is 0 Å². The second-order valence-electron chi connectivity index (χ2n) is 4.55. The summed E-state index contributed by atoms with van der Waals surface area (Å²) in [5.41, 5.74) is 0.0762. The number of furan rings is 1. The van der Waals surface area contributed by atoms with E-state index in [9.17, 15) is 19.7 Å². The first-order valence-corrected chi connectivity index (χ1v) is 6.69. The molecule has 0 spiro atoms. The van der Waals surface area contributed by atoms with Gasteiger partial charge in [0.1, 0.15) is 17.1 Å². The number of carbonyl (C=O) groups excluding carboxylic acids is 2. The Labute approximate surface area is 136 Å². The largest absolute Gasteiger partial charge is 0.465 e. The predicted molar refractivity (Wildman–Crippen MR) is 82.8 cm³/mol. The van der Waals surface area contributed by atoms with Crippen molar-refractivity contribution in [2.45, 2.75) is 0 Å². The molecule has 1 heterocycles. The number of rotatable bonds is 5. The van der Waals surface area contributed by atoms with Crippen LogP contribution in [0, 0.1) is 10.1 Å². The number of nitro groups is 1. The van der Waals surface area contributed by atoms with Crippen LogP contribution in [0.4, 0.5) is 5.69 Å². The molecule has 2 aromatic rings. The molecule has 1 aromatic carbocycles. The number of hydrogen-bond donors (Lipinski definition) is 0. The van der Waals surface area contributed by atoms with Crippen LogP contribution >= 0.6 is 0 Å². The van der Waals surface area contributed by atoms with E-state index in [1.54, 1.807) is 12.1 Å². The highest BCUT2D eigenvalue weighted by Crippen LogP contribution is 2.26. The monoisotopic (exact) mass is 331 g/mol. The molecule has 0 aliphatic rings. The molecule has 0 N–H and O–H groups in total. The lowest BCUT2D eigenvalue weighted by Gasteiger charge is -2.02. The molecule has 0 amide bonds. The summed E-state index contributed by atoms with van der Waals surface area (Å²) in [5, 5.41) is 10.8. The fourth-order valence-corrected chi connectivity index (χ4v) is 1.92. The Hall–Kier alpha value is -3.42. The van der Waals surface area contributed by atoms with Gasteiger partial charge >= 0.3 is 11.9 Å². The second-order valence-corrected chi connectivity index (χ2v) is 4.55. The lowest BCUT2D eigenvalue weighted by Crippen LogP contribution is -2.15. The molecule has 8 heteroatoms. The Morgan fingerprint density at radius 2 is 1.79 bits per heavy atom. The molecule has 8 nitrogen and oxygen atoms in total. The van der Waals surface area contributed by atoms with Crippen LogP contribution in [0.2, 0.25) is 0 Å². The summed E-state index contributed by atoms with van der Waals surface area (Å²) >= 11 is 0. The van der Waals surface area contributed by atoms with Crippen molar-refractivity contribution >= 4 is 23.7 Å². The van der Waals surface area contributed by atoms with Gasteiger partial charge in [0.2, 0.25) is 0 Å². The van der Waals surface area contributed by atoms with E-state index < -0.39 is 16.9 Å². The number of benzene rings is 1. The number of non-ortho nitro benzene ring substituents is 1. The van der Waals surface area contributed by atoms with E-state index in [4.69, 9.17) is 4.42 Å². The first-order valence-electron chi connectivity index (χ1n) is 6.69. The van der Waals surface area contributed by atoms with Gasteiger partial charge < -0.3 is 13.9 Å². The van der Waals surface area contributed by atoms with Gasteiger partial charge in [-0.05, 0) is 12.1 Å². The molecular weight excluding hydrogens is 318 g/mol.